The van der Waals surface area contributed by atoms with Crippen molar-refractivity contribution < 1.29 is 14.3 Å². The number of piperidine rings is 2. The SMILES string of the molecule is CC(C)c1ccc(N2CCC(N3CCC(C(=O)O)CC3)CC2)c(F)c1. The molecule has 0 saturated carbocycles. The lowest BCUT2D eigenvalue weighted by Gasteiger charge is -2.42. The summed E-state index contributed by atoms with van der Waals surface area (Å²) in [5.74, 6) is -0.616. The Hall–Kier alpha value is -1.62. The van der Waals surface area contributed by atoms with Crippen molar-refractivity contribution in [2.24, 2.45) is 5.92 Å². The predicted molar refractivity (Wildman–Crippen MR) is 97.7 cm³/mol. The van der Waals surface area contributed by atoms with Crippen molar-refractivity contribution in [1.82, 2.24) is 4.90 Å². The first kappa shape index (κ1) is 18.2. The second kappa shape index (κ2) is 7.73. The van der Waals surface area contributed by atoms with E-state index in [1.807, 2.05) is 12.1 Å². The summed E-state index contributed by atoms with van der Waals surface area (Å²) in [6, 6.07) is 6.13. The van der Waals surface area contributed by atoms with Crippen molar-refractivity contribution in [3.63, 3.8) is 0 Å². The number of benzene rings is 1. The fourth-order valence-electron chi connectivity index (χ4n) is 4.12. The highest BCUT2D eigenvalue weighted by atomic mass is 19.1. The van der Waals surface area contributed by atoms with Crippen LogP contribution in [0, 0.1) is 11.7 Å². The molecule has 2 fully saturated rings. The minimum Gasteiger partial charge on any atom is -0.481 e. The molecular weight excluding hydrogens is 319 g/mol. The molecule has 2 heterocycles. The van der Waals surface area contributed by atoms with Crippen molar-refractivity contribution in [2.45, 2.75) is 51.5 Å². The third-order valence-electron chi connectivity index (χ3n) is 5.84. The second-order valence-electron chi connectivity index (χ2n) is 7.73. The second-order valence-corrected chi connectivity index (χ2v) is 7.73. The number of anilines is 1. The van der Waals surface area contributed by atoms with E-state index in [1.54, 1.807) is 6.07 Å². The van der Waals surface area contributed by atoms with Crippen molar-refractivity contribution in [3.8, 4) is 0 Å². The van der Waals surface area contributed by atoms with Crippen LogP contribution in [0.5, 0.6) is 0 Å². The average molecular weight is 348 g/mol. The fourth-order valence-corrected chi connectivity index (χ4v) is 4.12. The number of hydrogen-bond acceptors (Lipinski definition) is 3. The van der Waals surface area contributed by atoms with E-state index in [9.17, 15) is 9.18 Å². The highest BCUT2D eigenvalue weighted by Gasteiger charge is 2.31. The summed E-state index contributed by atoms with van der Waals surface area (Å²) in [6.07, 6.45) is 3.54. The molecule has 0 spiro atoms. The Balaban J connectivity index is 1.55. The van der Waals surface area contributed by atoms with Crippen LogP contribution in [0.3, 0.4) is 0 Å². The van der Waals surface area contributed by atoms with Gasteiger partial charge in [-0.25, -0.2) is 4.39 Å². The van der Waals surface area contributed by atoms with Gasteiger partial charge in [0.1, 0.15) is 5.82 Å². The van der Waals surface area contributed by atoms with Gasteiger partial charge in [0.05, 0.1) is 11.6 Å². The Labute approximate surface area is 149 Å². The number of carboxylic acid groups (broad SMARTS) is 1. The molecule has 1 aromatic carbocycles. The molecule has 2 aliphatic heterocycles. The number of nitrogens with zero attached hydrogens (tertiary/aromatic N) is 2. The van der Waals surface area contributed by atoms with E-state index < -0.39 is 5.97 Å². The summed E-state index contributed by atoms with van der Waals surface area (Å²) in [5.41, 5.74) is 1.75. The fraction of sp³-hybridized carbons (Fsp3) is 0.650. The number of rotatable bonds is 4. The van der Waals surface area contributed by atoms with Gasteiger partial charge in [0.25, 0.3) is 0 Å². The van der Waals surface area contributed by atoms with Crippen LogP contribution in [0.1, 0.15) is 51.0 Å². The normalized spacial score (nSPS) is 21.0. The molecular formula is C20H29FN2O2. The Morgan fingerprint density at radius 3 is 2.28 bits per heavy atom. The number of carboxylic acids is 1. The number of carbonyl (C=O) groups is 1. The Kier molecular flexibility index (Phi) is 5.62. The van der Waals surface area contributed by atoms with Crippen LogP contribution >= 0.6 is 0 Å². The van der Waals surface area contributed by atoms with Crippen LogP contribution < -0.4 is 4.90 Å². The summed E-state index contributed by atoms with van der Waals surface area (Å²) >= 11 is 0. The van der Waals surface area contributed by atoms with Gasteiger partial charge in [0.2, 0.25) is 0 Å². The quantitative estimate of drug-likeness (QED) is 0.901. The zero-order chi connectivity index (χ0) is 18.0. The maximum atomic E-state index is 14.5. The average Bonchev–Trinajstić information content (AvgIpc) is 2.62. The summed E-state index contributed by atoms with van der Waals surface area (Å²) in [6.45, 7) is 7.63. The van der Waals surface area contributed by atoms with Crippen LogP contribution in [0.25, 0.3) is 0 Å². The van der Waals surface area contributed by atoms with E-state index in [0.717, 1.165) is 57.4 Å². The molecule has 0 radical (unpaired) electrons. The zero-order valence-corrected chi connectivity index (χ0v) is 15.2. The van der Waals surface area contributed by atoms with Gasteiger partial charge in [0.15, 0.2) is 0 Å². The number of likely N-dealkylation sites (tertiary alicyclic amines) is 1. The van der Waals surface area contributed by atoms with Gasteiger partial charge in [0, 0.05) is 19.1 Å². The van der Waals surface area contributed by atoms with E-state index in [0.29, 0.717) is 17.6 Å². The maximum absolute atomic E-state index is 14.5. The van der Waals surface area contributed by atoms with Crippen LogP contribution in [-0.2, 0) is 4.79 Å². The third kappa shape index (κ3) is 4.14. The number of aliphatic carboxylic acids is 1. The summed E-state index contributed by atoms with van der Waals surface area (Å²) in [4.78, 5) is 15.7. The highest BCUT2D eigenvalue weighted by molar-refractivity contribution is 5.70. The molecule has 0 atom stereocenters. The van der Waals surface area contributed by atoms with Crippen LogP contribution in [0.4, 0.5) is 10.1 Å². The Bertz CT molecular complexity index is 604. The van der Waals surface area contributed by atoms with Gasteiger partial charge in [-0.3, -0.25) is 4.79 Å². The van der Waals surface area contributed by atoms with Gasteiger partial charge in [-0.1, -0.05) is 19.9 Å². The zero-order valence-electron chi connectivity index (χ0n) is 15.2. The molecule has 0 bridgehead atoms. The molecule has 1 N–H and O–H groups in total. The summed E-state index contributed by atoms with van der Waals surface area (Å²) in [5, 5.41) is 9.11. The standard InChI is InChI=1S/C20H29FN2O2/c1-14(2)16-3-4-19(18(21)13-16)23-11-7-17(8-12-23)22-9-5-15(6-10-22)20(24)25/h3-4,13-15,17H,5-12H2,1-2H3,(H,24,25). The molecule has 0 unspecified atom stereocenters. The topological polar surface area (TPSA) is 43.8 Å². The highest BCUT2D eigenvalue weighted by Crippen LogP contribution is 2.29. The van der Waals surface area contributed by atoms with Crippen molar-refractivity contribution in [2.75, 3.05) is 31.1 Å². The smallest absolute Gasteiger partial charge is 0.306 e. The molecule has 2 aliphatic rings. The van der Waals surface area contributed by atoms with Crippen LogP contribution in [-0.4, -0.2) is 48.2 Å². The molecule has 0 amide bonds. The van der Waals surface area contributed by atoms with E-state index in [1.165, 1.54) is 0 Å². The van der Waals surface area contributed by atoms with E-state index in [2.05, 4.69) is 23.6 Å². The number of halogens is 1. The molecule has 2 saturated heterocycles. The first-order valence-corrected chi connectivity index (χ1v) is 9.47. The molecule has 5 heteroatoms. The first-order chi connectivity index (χ1) is 12.0. The van der Waals surface area contributed by atoms with Crippen molar-refractivity contribution in [1.29, 1.82) is 0 Å². The summed E-state index contributed by atoms with van der Waals surface area (Å²) < 4.78 is 14.5. The summed E-state index contributed by atoms with van der Waals surface area (Å²) in [7, 11) is 0. The largest absolute Gasteiger partial charge is 0.481 e. The Morgan fingerprint density at radius 2 is 1.76 bits per heavy atom. The number of hydrogen-bond donors (Lipinski definition) is 1. The Morgan fingerprint density at radius 1 is 1.12 bits per heavy atom. The molecule has 1 aromatic rings. The third-order valence-corrected chi connectivity index (χ3v) is 5.84. The van der Waals surface area contributed by atoms with Gasteiger partial charge < -0.3 is 14.9 Å². The molecule has 0 aliphatic carbocycles. The van der Waals surface area contributed by atoms with Crippen LogP contribution in [0.2, 0.25) is 0 Å². The van der Waals surface area contributed by atoms with Gasteiger partial charge >= 0.3 is 5.97 Å². The lowest BCUT2D eigenvalue weighted by atomic mass is 9.93. The lowest BCUT2D eigenvalue weighted by Crippen LogP contribution is -2.48. The van der Waals surface area contributed by atoms with E-state index in [4.69, 9.17) is 5.11 Å². The van der Waals surface area contributed by atoms with Crippen LogP contribution in [0.15, 0.2) is 18.2 Å². The molecule has 0 aromatic heterocycles. The van der Waals surface area contributed by atoms with Crippen molar-refractivity contribution >= 4 is 11.7 Å². The van der Waals surface area contributed by atoms with E-state index in [-0.39, 0.29) is 11.7 Å². The van der Waals surface area contributed by atoms with Crippen molar-refractivity contribution in [3.05, 3.63) is 29.6 Å². The lowest BCUT2D eigenvalue weighted by molar-refractivity contribution is -0.143. The van der Waals surface area contributed by atoms with Gasteiger partial charge in [-0.15, -0.1) is 0 Å². The minimum atomic E-state index is -0.658. The molecule has 4 nitrogen and oxygen atoms in total. The first-order valence-electron chi connectivity index (χ1n) is 9.47. The maximum Gasteiger partial charge on any atom is 0.306 e. The minimum absolute atomic E-state index is 0.119. The molecule has 25 heavy (non-hydrogen) atoms. The van der Waals surface area contributed by atoms with Gasteiger partial charge in [-0.2, -0.15) is 0 Å². The van der Waals surface area contributed by atoms with E-state index >= 15 is 0 Å². The molecule has 138 valence electrons. The predicted octanol–water partition coefficient (Wildman–Crippen LogP) is 3.71. The molecule has 3 rings (SSSR count). The van der Waals surface area contributed by atoms with Gasteiger partial charge in [-0.05, 0) is 62.4 Å². The monoisotopic (exact) mass is 348 g/mol.